The number of halogens is 4. The number of imidazole rings is 1. The molecule has 3 rings (SSSR count). The molecular formula is C14H8Cl3FN2. The Morgan fingerprint density at radius 1 is 1.05 bits per heavy atom. The number of fused-ring (bicyclic) bond motifs is 1. The summed E-state index contributed by atoms with van der Waals surface area (Å²) in [6, 6.07) is 9.58. The lowest BCUT2D eigenvalue weighted by molar-refractivity contribution is 0.629. The molecule has 1 heterocycles. The maximum Gasteiger partial charge on any atom is 0.129 e. The zero-order valence-electron chi connectivity index (χ0n) is 10.1. The van der Waals surface area contributed by atoms with Crippen molar-refractivity contribution in [3.8, 4) is 5.69 Å². The van der Waals surface area contributed by atoms with Gasteiger partial charge >= 0.3 is 0 Å². The Morgan fingerprint density at radius 2 is 1.85 bits per heavy atom. The van der Waals surface area contributed by atoms with Gasteiger partial charge in [0.25, 0.3) is 0 Å². The summed E-state index contributed by atoms with van der Waals surface area (Å²) in [6.45, 7) is 0. The van der Waals surface area contributed by atoms with Crippen molar-refractivity contribution in [2.45, 2.75) is 5.88 Å². The molecule has 0 amide bonds. The van der Waals surface area contributed by atoms with E-state index in [0.29, 0.717) is 26.9 Å². The monoisotopic (exact) mass is 328 g/mol. The molecule has 20 heavy (non-hydrogen) atoms. The van der Waals surface area contributed by atoms with Crippen molar-refractivity contribution in [3.63, 3.8) is 0 Å². The maximum absolute atomic E-state index is 13.5. The second kappa shape index (κ2) is 5.24. The highest BCUT2D eigenvalue weighted by Gasteiger charge is 2.13. The summed E-state index contributed by atoms with van der Waals surface area (Å²) in [5.41, 5.74) is 2.05. The van der Waals surface area contributed by atoms with Gasteiger partial charge < -0.3 is 0 Å². The van der Waals surface area contributed by atoms with E-state index in [1.165, 1.54) is 12.1 Å². The van der Waals surface area contributed by atoms with Crippen molar-refractivity contribution >= 4 is 45.8 Å². The van der Waals surface area contributed by atoms with Crippen molar-refractivity contribution < 1.29 is 4.39 Å². The molecule has 0 fully saturated rings. The van der Waals surface area contributed by atoms with Gasteiger partial charge in [-0.1, -0.05) is 23.2 Å². The molecule has 3 aromatic rings. The Balaban J connectivity index is 2.32. The molecule has 6 heteroatoms. The predicted molar refractivity (Wildman–Crippen MR) is 80.6 cm³/mol. The summed E-state index contributed by atoms with van der Waals surface area (Å²) >= 11 is 17.9. The molecule has 0 atom stereocenters. The van der Waals surface area contributed by atoms with E-state index in [1.807, 2.05) is 0 Å². The number of hydrogen-bond donors (Lipinski definition) is 0. The van der Waals surface area contributed by atoms with Gasteiger partial charge in [0.15, 0.2) is 0 Å². The summed E-state index contributed by atoms with van der Waals surface area (Å²) < 4.78 is 15.2. The van der Waals surface area contributed by atoms with Crippen molar-refractivity contribution in [2.75, 3.05) is 0 Å². The lowest BCUT2D eigenvalue weighted by atomic mass is 10.2. The highest BCUT2D eigenvalue weighted by molar-refractivity contribution is 6.42. The van der Waals surface area contributed by atoms with Crippen molar-refractivity contribution in [3.05, 3.63) is 58.1 Å². The molecule has 0 saturated carbocycles. The van der Waals surface area contributed by atoms with Crippen molar-refractivity contribution in [2.24, 2.45) is 0 Å². The average Bonchev–Trinajstić information content (AvgIpc) is 2.79. The molecule has 0 bridgehead atoms. The molecule has 102 valence electrons. The van der Waals surface area contributed by atoms with E-state index in [0.717, 1.165) is 5.69 Å². The number of aromatic nitrogens is 2. The molecule has 0 spiro atoms. The standard InChI is InChI=1S/C14H8Cl3FN2/c15-7-14-19-12-4-1-8(18)5-13(12)20(14)9-2-3-10(16)11(17)6-9/h1-6H,7H2. The number of hydrogen-bond acceptors (Lipinski definition) is 1. The van der Waals surface area contributed by atoms with Crippen LogP contribution >= 0.6 is 34.8 Å². The number of alkyl halides is 1. The predicted octanol–water partition coefficient (Wildman–Crippen LogP) is 5.21. The summed E-state index contributed by atoms with van der Waals surface area (Å²) in [7, 11) is 0. The Hall–Kier alpha value is -1.29. The lowest BCUT2D eigenvalue weighted by Gasteiger charge is -2.09. The smallest absolute Gasteiger partial charge is 0.129 e. The molecule has 0 radical (unpaired) electrons. The zero-order chi connectivity index (χ0) is 14.3. The van der Waals surface area contributed by atoms with Crippen molar-refractivity contribution in [1.29, 1.82) is 0 Å². The van der Waals surface area contributed by atoms with E-state index in [-0.39, 0.29) is 11.7 Å². The SMILES string of the molecule is Fc1ccc2nc(CCl)n(-c3ccc(Cl)c(Cl)c3)c2c1. The minimum atomic E-state index is -0.333. The first-order valence-corrected chi connectivity index (χ1v) is 7.07. The van der Waals surface area contributed by atoms with E-state index in [1.54, 1.807) is 28.8 Å². The Morgan fingerprint density at radius 3 is 2.55 bits per heavy atom. The van der Waals surface area contributed by atoms with Gasteiger partial charge in [0.1, 0.15) is 11.6 Å². The van der Waals surface area contributed by atoms with Crippen LogP contribution in [0.5, 0.6) is 0 Å². The van der Waals surface area contributed by atoms with Crippen molar-refractivity contribution in [1.82, 2.24) is 9.55 Å². The fourth-order valence-corrected chi connectivity index (χ4v) is 2.57. The zero-order valence-corrected chi connectivity index (χ0v) is 12.3. The molecule has 2 aromatic carbocycles. The minimum absolute atomic E-state index is 0.205. The largest absolute Gasteiger partial charge is 0.295 e. The molecule has 0 aliphatic rings. The number of nitrogens with zero attached hydrogens (tertiary/aromatic N) is 2. The minimum Gasteiger partial charge on any atom is -0.295 e. The highest BCUT2D eigenvalue weighted by atomic mass is 35.5. The van der Waals surface area contributed by atoms with Gasteiger partial charge in [0.05, 0.1) is 27.0 Å². The van der Waals surface area contributed by atoms with Crippen LogP contribution in [0.1, 0.15) is 5.82 Å². The molecule has 0 aliphatic carbocycles. The van der Waals surface area contributed by atoms with Crippen LogP contribution in [0.3, 0.4) is 0 Å². The third-order valence-corrected chi connectivity index (χ3v) is 3.94. The molecule has 0 unspecified atom stereocenters. The fourth-order valence-electron chi connectivity index (χ4n) is 2.10. The maximum atomic E-state index is 13.5. The summed E-state index contributed by atoms with van der Waals surface area (Å²) in [5, 5.41) is 0.876. The van der Waals surface area contributed by atoms with E-state index in [9.17, 15) is 4.39 Å². The molecule has 2 nitrogen and oxygen atoms in total. The van der Waals surface area contributed by atoms with E-state index in [2.05, 4.69) is 4.98 Å². The van der Waals surface area contributed by atoms with Gasteiger partial charge in [0, 0.05) is 11.8 Å². The van der Waals surface area contributed by atoms with Crippen LogP contribution in [-0.4, -0.2) is 9.55 Å². The Labute approximate surface area is 129 Å². The third-order valence-electron chi connectivity index (χ3n) is 2.97. The summed E-state index contributed by atoms with van der Waals surface area (Å²) in [4.78, 5) is 4.39. The quantitative estimate of drug-likeness (QED) is 0.590. The van der Waals surface area contributed by atoms with Crippen LogP contribution in [0, 0.1) is 5.82 Å². The van der Waals surface area contributed by atoms with Gasteiger partial charge in [-0.3, -0.25) is 4.57 Å². The molecule has 0 saturated heterocycles. The van der Waals surface area contributed by atoms with Crippen LogP contribution < -0.4 is 0 Å². The fraction of sp³-hybridized carbons (Fsp3) is 0.0714. The van der Waals surface area contributed by atoms with E-state index in [4.69, 9.17) is 34.8 Å². The molecule has 0 aliphatic heterocycles. The summed E-state index contributed by atoms with van der Waals surface area (Å²) in [5.74, 6) is 0.488. The first-order chi connectivity index (χ1) is 9.60. The first-order valence-electron chi connectivity index (χ1n) is 5.78. The van der Waals surface area contributed by atoms with Gasteiger partial charge in [-0.2, -0.15) is 0 Å². The van der Waals surface area contributed by atoms with E-state index >= 15 is 0 Å². The van der Waals surface area contributed by atoms with Crippen LogP contribution in [-0.2, 0) is 5.88 Å². The van der Waals surface area contributed by atoms with Gasteiger partial charge in [-0.15, -0.1) is 11.6 Å². The summed E-state index contributed by atoms with van der Waals surface area (Å²) in [6.07, 6.45) is 0. The molecular weight excluding hydrogens is 322 g/mol. The first kappa shape index (κ1) is 13.7. The van der Waals surface area contributed by atoms with Crippen LogP contribution in [0.15, 0.2) is 36.4 Å². The second-order valence-corrected chi connectivity index (χ2v) is 5.31. The third kappa shape index (κ3) is 2.26. The second-order valence-electron chi connectivity index (χ2n) is 4.23. The highest BCUT2D eigenvalue weighted by Crippen LogP contribution is 2.28. The van der Waals surface area contributed by atoms with Crippen LogP contribution in [0.4, 0.5) is 4.39 Å². The number of rotatable bonds is 2. The normalized spacial score (nSPS) is 11.2. The van der Waals surface area contributed by atoms with Gasteiger partial charge in [-0.05, 0) is 30.3 Å². The van der Waals surface area contributed by atoms with Crippen LogP contribution in [0.2, 0.25) is 10.0 Å². The topological polar surface area (TPSA) is 17.8 Å². The Kier molecular flexibility index (Phi) is 3.59. The average molecular weight is 330 g/mol. The Bertz CT molecular complexity index is 798. The van der Waals surface area contributed by atoms with E-state index < -0.39 is 0 Å². The molecule has 0 N–H and O–H groups in total. The van der Waals surface area contributed by atoms with Crippen LogP contribution in [0.25, 0.3) is 16.7 Å². The van der Waals surface area contributed by atoms with Gasteiger partial charge in [0.2, 0.25) is 0 Å². The lowest BCUT2D eigenvalue weighted by Crippen LogP contribution is -1.99. The molecule has 1 aromatic heterocycles. The number of benzene rings is 2. The van der Waals surface area contributed by atoms with Gasteiger partial charge in [-0.25, -0.2) is 9.37 Å².